The Morgan fingerprint density at radius 3 is 2.59 bits per heavy atom. The number of aromatic amines is 1. The van der Waals surface area contributed by atoms with Crippen LogP contribution >= 0.6 is 11.8 Å². The number of nitriles is 1. The summed E-state index contributed by atoms with van der Waals surface area (Å²) in [5, 5.41) is 9.74. The first-order valence-electron chi connectivity index (χ1n) is 9.41. The molecule has 166 valence electrons. The zero-order valence-electron chi connectivity index (χ0n) is 17.1. The molecule has 0 radical (unpaired) electrons. The Morgan fingerprint density at radius 1 is 1.16 bits per heavy atom. The van der Waals surface area contributed by atoms with Gasteiger partial charge < -0.3 is 14.5 Å². The minimum atomic E-state index is -4.44. The lowest BCUT2D eigenvalue weighted by Gasteiger charge is -2.14. The van der Waals surface area contributed by atoms with E-state index in [0.717, 1.165) is 12.1 Å². The predicted octanol–water partition coefficient (Wildman–Crippen LogP) is 5.03. The molecule has 32 heavy (non-hydrogen) atoms. The first-order chi connectivity index (χ1) is 15.3. The normalized spacial score (nSPS) is 11.1. The first kappa shape index (κ1) is 23.2. The quantitative estimate of drug-likeness (QED) is 0.392. The highest BCUT2D eigenvalue weighted by Crippen LogP contribution is 2.34. The van der Waals surface area contributed by atoms with Gasteiger partial charge in [0, 0.05) is 5.56 Å². The summed E-state index contributed by atoms with van der Waals surface area (Å²) in [5.41, 5.74) is -0.427. The van der Waals surface area contributed by atoms with Gasteiger partial charge in [0.1, 0.15) is 18.2 Å². The Kier molecular flexibility index (Phi) is 7.10. The molecule has 1 heterocycles. The molecule has 10 heteroatoms. The molecule has 0 aliphatic carbocycles. The number of rotatable bonds is 7. The van der Waals surface area contributed by atoms with Gasteiger partial charge in [0.15, 0.2) is 16.7 Å². The highest BCUT2D eigenvalue weighted by atomic mass is 32.2. The van der Waals surface area contributed by atoms with E-state index < -0.39 is 17.3 Å². The molecule has 3 rings (SSSR count). The van der Waals surface area contributed by atoms with Gasteiger partial charge in [0.25, 0.3) is 5.56 Å². The molecule has 0 bridgehead atoms. The molecule has 1 aromatic heterocycles. The third-order valence-corrected chi connectivity index (χ3v) is 4.95. The third kappa shape index (κ3) is 5.23. The van der Waals surface area contributed by atoms with Crippen LogP contribution in [0.4, 0.5) is 13.2 Å². The molecule has 0 saturated carbocycles. The zero-order valence-corrected chi connectivity index (χ0v) is 17.9. The molecule has 0 saturated heterocycles. The fraction of sp³-hybridized carbons (Fsp3) is 0.227. The molecule has 0 aliphatic rings. The number of H-pyrrole nitrogens is 1. The van der Waals surface area contributed by atoms with Crippen LogP contribution in [0.3, 0.4) is 0 Å². The van der Waals surface area contributed by atoms with Crippen molar-refractivity contribution in [1.82, 2.24) is 9.97 Å². The average molecular weight is 461 g/mol. The molecule has 0 atom stereocenters. The summed E-state index contributed by atoms with van der Waals surface area (Å²) >= 11 is 1.23. The van der Waals surface area contributed by atoms with Crippen molar-refractivity contribution < 1.29 is 22.6 Å². The van der Waals surface area contributed by atoms with Crippen LogP contribution in [0.2, 0.25) is 0 Å². The molecule has 3 aromatic rings. The van der Waals surface area contributed by atoms with E-state index in [1.165, 1.54) is 23.9 Å². The fourth-order valence-corrected chi connectivity index (χ4v) is 3.28. The van der Waals surface area contributed by atoms with Crippen LogP contribution in [0.1, 0.15) is 23.6 Å². The summed E-state index contributed by atoms with van der Waals surface area (Å²) in [6, 6.07) is 11.5. The number of ether oxygens (including phenoxy) is 2. The van der Waals surface area contributed by atoms with Gasteiger partial charge in [-0.25, -0.2) is 4.98 Å². The topological polar surface area (TPSA) is 88.0 Å². The standard InChI is InChI=1S/C22H18F3N3O3S/c1-3-30-18-10-14(19-16(11-26)20(29)28-21(27-19)32-2)7-8-17(18)31-12-13-5-4-6-15(9-13)22(23,24)25/h4-10H,3,12H2,1-2H3,(H,27,28,29). The van der Waals surface area contributed by atoms with Crippen molar-refractivity contribution in [2.75, 3.05) is 12.9 Å². The number of thioether (sulfide) groups is 1. The van der Waals surface area contributed by atoms with E-state index in [2.05, 4.69) is 9.97 Å². The number of benzene rings is 2. The van der Waals surface area contributed by atoms with E-state index in [9.17, 15) is 23.2 Å². The van der Waals surface area contributed by atoms with Crippen molar-refractivity contribution in [3.63, 3.8) is 0 Å². The number of hydrogen-bond donors (Lipinski definition) is 1. The Bertz CT molecular complexity index is 1220. The second-order valence-electron chi connectivity index (χ2n) is 6.49. The number of nitrogens with zero attached hydrogens (tertiary/aromatic N) is 2. The molecule has 1 N–H and O–H groups in total. The van der Waals surface area contributed by atoms with Crippen LogP contribution in [0, 0.1) is 11.3 Å². The van der Waals surface area contributed by atoms with Gasteiger partial charge in [0.05, 0.1) is 17.9 Å². The highest BCUT2D eigenvalue weighted by molar-refractivity contribution is 7.98. The number of nitrogens with one attached hydrogen (secondary N) is 1. The second-order valence-corrected chi connectivity index (χ2v) is 7.29. The lowest BCUT2D eigenvalue weighted by Crippen LogP contribution is -2.14. The Hall–Kier alpha value is -3.45. The van der Waals surface area contributed by atoms with Gasteiger partial charge in [-0.15, -0.1) is 0 Å². The number of halogens is 3. The van der Waals surface area contributed by atoms with E-state index in [-0.39, 0.29) is 17.9 Å². The van der Waals surface area contributed by atoms with Gasteiger partial charge in [-0.3, -0.25) is 4.79 Å². The molecule has 6 nitrogen and oxygen atoms in total. The molecule has 0 spiro atoms. The largest absolute Gasteiger partial charge is 0.490 e. The van der Waals surface area contributed by atoms with Crippen molar-refractivity contribution in [2.45, 2.75) is 24.9 Å². The zero-order chi connectivity index (χ0) is 23.3. The maximum absolute atomic E-state index is 12.9. The van der Waals surface area contributed by atoms with Gasteiger partial charge in [-0.05, 0) is 49.1 Å². The molecular formula is C22H18F3N3O3S. The minimum Gasteiger partial charge on any atom is -0.490 e. The summed E-state index contributed by atoms with van der Waals surface area (Å²) in [6.45, 7) is 1.96. The molecular weight excluding hydrogens is 443 g/mol. The highest BCUT2D eigenvalue weighted by Gasteiger charge is 2.30. The average Bonchev–Trinajstić information content (AvgIpc) is 2.77. The Balaban J connectivity index is 1.94. The third-order valence-electron chi connectivity index (χ3n) is 4.37. The minimum absolute atomic E-state index is 0.104. The van der Waals surface area contributed by atoms with Crippen LogP contribution in [0.15, 0.2) is 52.4 Å². The van der Waals surface area contributed by atoms with E-state index in [1.807, 2.05) is 6.07 Å². The van der Waals surface area contributed by atoms with Gasteiger partial charge in [-0.1, -0.05) is 23.9 Å². The predicted molar refractivity (Wildman–Crippen MR) is 114 cm³/mol. The van der Waals surface area contributed by atoms with E-state index >= 15 is 0 Å². The summed E-state index contributed by atoms with van der Waals surface area (Å²) in [7, 11) is 0. The van der Waals surface area contributed by atoms with Crippen molar-refractivity contribution >= 4 is 11.8 Å². The molecule has 0 aliphatic heterocycles. The van der Waals surface area contributed by atoms with Crippen molar-refractivity contribution in [2.24, 2.45) is 0 Å². The van der Waals surface area contributed by atoms with Crippen LogP contribution in [-0.2, 0) is 12.8 Å². The lowest BCUT2D eigenvalue weighted by molar-refractivity contribution is -0.137. The lowest BCUT2D eigenvalue weighted by atomic mass is 10.1. The van der Waals surface area contributed by atoms with Crippen LogP contribution in [0.25, 0.3) is 11.3 Å². The van der Waals surface area contributed by atoms with Crippen molar-refractivity contribution in [3.05, 3.63) is 69.5 Å². The fourth-order valence-electron chi connectivity index (χ4n) is 2.90. The summed E-state index contributed by atoms with van der Waals surface area (Å²) < 4.78 is 50.1. The smallest absolute Gasteiger partial charge is 0.416 e. The first-order valence-corrected chi connectivity index (χ1v) is 10.6. The maximum atomic E-state index is 12.9. The molecule has 0 unspecified atom stereocenters. The second kappa shape index (κ2) is 9.78. The van der Waals surface area contributed by atoms with Gasteiger partial charge in [-0.2, -0.15) is 18.4 Å². The maximum Gasteiger partial charge on any atom is 0.416 e. The molecule has 2 aromatic carbocycles. The number of aromatic nitrogens is 2. The van der Waals surface area contributed by atoms with Crippen LogP contribution < -0.4 is 15.0 Å². The van der Waals surface area contributed by atoms with Crippen molar-refractivity contribution in [3.8, 4) is 28.8 Å². The summed E-state index contributed by atoms with van der Waals surface area (Å²) in [5.74, 6) is 0.620. The van der Waals surface area contributed by atoms with Crippen LogP contribution in [-0.4, -0.2) is 22.8 Å². The van der Waals surface area contributed by atoms with Gasteiger partial charge in [0.2, 0.25) is 0 Å². The van der Waals surface area contributed by atoms with Crippen molar-refractivity contribution in [1.29, 1.82) is 5.26 Å². The monoisotopic (exact) mass is 461 g/mol. The van der Waals surface area contributed by atoms with Gasteiger partial charge >= 0.3 is 6.18 Å². The SMILES string of the molecule is CCOc1cc(-c2nc(SC)[nH]c(=O)c2C#N)ccc1OCc1cccc(C(F)(F)F)c1. The Labute approximate surface area is 186 Å². The van der Waals surface area contributed by atoms with Crippen LogP contribution in [0.5, 0.6) is 11.5 Å². The molecule has 0 fully saturated rings. The Morgan fingerprint density at radius 2 is 1.94 bits per heavy atom. The van der Waals surface area contributed by atoms with E-state index in [4.69, 9.17) is 9.47 Å². The van der Waals surface area contributed by atoms with E-state index in [1.54, 1.807) is 31.4 Å². The molecule has 0 amide bonds. The van der Waals surface area contributed by atoms with E-state index in [0.29, 0.717) is 34.4 Å². The number of hydrogen-bond acceptors (Lipinski definition) is 6. The summed E-state index contributed by atoms with van der Waals surface area (Å²) in [6.07, 6.45) is -2.70. The number of alkyl halides is 3. The summed E-state index contributed by atoms with van der Waals surface area (Å²) in [4.78, 5) is 19.1.